The van der Waals surface area contributed by atoms with Gasteiger partial charge < -0.3 is 10.2 Å². The highest BCUT2D eigenvalue weighted by Crippen LogP contribution is 2.31. The summed E-state index contributed by atoms with van der Waals surface area (Å²) in [6.07, 6.45) is 1.76. The molecule has 0 unspecified atom stereocenters. The Hall–Kier alpha value is -2.49. The van der Waals surface area contributed by atoms with Crippen LogP contribution in [-0.2, 0) is 0 Å². The van der Waals surface area contributed by atoms with Crippen LogP contribution in [-0.4, -0.2) is 20.4 Å². The summed E-state index contributed by atoms with van der Waals surface area (Å²) in [4.78, 5) is 0. The molecule has 0 saturated heterocycles. The largest absolute Gasteiger partial charge is 0.504 e. The zero-order valence-electron chi connectivity index (χ0n) is 8.88. The zero-order chi connectivity index (χ0) is 11.8. The fourth-order valence-electron chi connectivity index (χ4n) is 1.82. The zero-order valence-corrected chi connectivity index (χ0v) is 8.88. The van der Waals surface area contributed by atoms with Gasteiger partial charge in [-0.1, -0.05) is 18.2 Å². The minimum atomic E-state index is -0.118. The second-order valence-corrected chi connectivity index (χ2v) is 3.88. The van der Waals surface area contributed by atoms with Crippen molar-refractivity contribution in [2.24, 2.45) is 0 Å². The average molecular weight is 226 g/mol. The molecule has 2 aromatic carbocycles. The number of hydrogen-bond donors (Lipinski definition) is 3. The second-order valence-electron chi connectivity index (χ2n) is 3.88. The smallest absolute Gasteiger partial charge is 0.158 e. The van der Waals surface area contributed by atoms with Crippen LogP contribution in [0, 0.1) is 0 Å². The number of benzene rings is 2. The number of aromatic hydroxyl groups is 2. The van der Waals surface area contributed by atoms with Crippen molar-refractivity contribution in [1.29, 1.82) is 0 Å². The molecule has 3 aromatic rings. The molecule has 3 rings (SSSR count). The quantitative estimate of drug-likeness (QED) is 0.559. The number of rotatable bonds is 1. The lowest BCUT2D eigenvalue weighted by atomic mass is 10.0. The monoisotopic (exact) mass is 226 g/mol. The van der Waals surface area contributed by atoms with Crippen LogP contribution in [0.25, 0.3) is 22.0 Å². The van der Waals surface area contributed by atoms with E-state index >= 15 is 0 Å². The lowest BCUT2D eigenvalue weighted by Crippen LogP contribution is -1.78. The van der Waals surface area contributed by atoms with E-state index in [1.807, 2.05) is 18.2 Å². The van der Waals surface area contributed by atoms with Crippen LogP contribution in [0.15, 0.2) is 42.6 Å². The Morgan fingerprint density at radius 2 is 1.65 bits per heavy atom. The molecule has 0 spiro atoms. The van der Waals surface area contributed by atoms with Crippen LogP contribution < -0.4 is 0 Å². The van der Waals surface area contributed by atoms with Gasteiger partial charge in [0.1, 0.15) is 0 Å². The molecule has 0 aliphatic carbocycles. The molecule has 3 N–H and O–H groups in total. The van der Waals surface area contributed by atoms with E-state index in [1.54, 1.807) is 12.3 Å². The van der Waals surface area contributed by atoms with E-state index in [0.29, 0.717) is 0 Å². The van der Waals surface area contributed by atoms with E-state index in [9.17, 15) is 10.2 Å². The van der Waals surface area contributed by atoms with E-state index < -0.39 is 0 Å². The van der Waals surface area contributed by atoms with Gasteiger partial charge in [-0.15, -0.1) is 0 Å². The van der Waals surface area contributed by atoms with E-state index in [0.717, 1.165) is 22.0 Å². The van der Waals surface area contributed by atoms with Gasteiger partial charge in [0, 0.05) is 5.39 Å². The maximum atomic E-state index is 9.46. The first-order valence-corrected chi connectivity index (χ1v) is 5.19. The number of nitrogens with one attached hydrogen (secondary N) is 1. The van der Waals surface area contributed by atoms with Gasteiger partial charge in [-0.2, -0.15) is 5.10 Å². The van der Waals surface area contributed by atoms with Crippen LogP contribution >= 0.6 is 0 Å². The molecule has 1 heterocycles. The maximum absolute atomic E-state index is 9.46. The Morgan fingerprint density at radius 1 is 0.882 bits per heavy atom. The molecule has 4 heteroatoms. The second kappa shape index (κ2) is 3.52. The van der Waals surface area contributed by atoms with Gasteiger partial charge in [0.05, 0.1) is 11.7 Å². The SMILES string of the molecule is Oc1ccc(-c2ccc3cn[nH]c3c2)cc1O. The van der Waals surface area contributed by atoms with Crippen LogP contribution in [0.1, 0.15) is 0 Å². The summed E-state index contributed by atoms with van der Waals surface area (Å²) in [5, 5.41) is 26.6. The molecule has 0 fully saturated rings. The van der Waals surface area contributed by atoms with Crippen LogP contribution in [0.2, 0.25) is 0 Å². The van der Waals surface area contributed by atoms with E-state index in [2.05, 4.69) is 10.2 Å². The number of phenolic OH excluding ortho intramolecular Hbond substituents is 2. The van der Waals surface area contributed by atoms with Gasteiger partial charge in [0.25, 0.3) is 0 Å². The first-order chi connectivity index (χ1) is 8.24. The molecule has 1 aromatic heterocycles. The highest BCUT2D eigenvalue weighted by molar-refractivity contribution is 5.84. The lowest BCUT2D eigenvalue weighted by Gasteiger charge is -2.03. The molecule has 84 valence electrons. The third-order valence-electron chi connectivity index (χ3n) is 2.75. The van der Waals surface area contributed by atoms with Crippen LogP contribution in [0.4, 0.5) is 0 Å². The highest BCUT2D eigenvalue weighted by atomic mass is 16.3. The van der Waals surface area contributed by atoms with Crippen molar-refractivity contribution in [2.45, 2.75) is 0 Å². The van der Waals surface area contributed by atoms with Crippen LogP contribution in [0.3, 0.4) is 0 Å². The van der Waals surface area contributed by atoms with Crippen molar-refractivity contribution in [2.75, 3.05) is 0 Å². The third-order valence-corrected chi connectivity index (χ3v) is 2.75. The molecular formula is C13H10N2O2. The first kappa shape index (κ1) is 9.72. The number of aromatic amines is 1. The van der Waals surface area contributed by atoms with Crippen molar-refractivity contribution in [3.8, 4) is 22.6 Å². The minimum absolute atomic E-state index is 0.114. The molecule has 0 saturated carbocycles. The normalized spacial score (nSPS) is 10.8. The van der Waals surface area contributed by atoms with Crippen molar-refractivity contribution >= 4 is 10.9 Å². The van der Waals surface area contributed by atoms with Crippen molar-refractivity contribution in [1.82, 2.24) is 10.2 Å². The van der Waals surface area contributed by atoms with Gasteiger partial charge in [-0.05, 0) is 29.3 Å². The summed E-state index contributed by atoms with van der Waals surface area (Å²) in [6, 6.07) is 10.6. The van der Waals surface area contributed by atoms with E-state index in [4.69, 9.17) is 0 Å². The molecule has 0 amide bonds. The number of fused-ring (bicyclic) bond motifs is 1. The van der Waals surface area contributed by atoms with Gasteiger partial charge in [0.2, 0.25) is 0 Å². The Kier molecular flexibility index (Phi) is 2.01. The molecule has 17 heavy (non-hydrogen) atoms. The fourth-order valence-corrected chi connectivity index (χ4v) is 1.82. The van der Waals surface area contributed by atoms with Gasteiger partial charge in [0.15, 0.2) is 11.5 Å². The summed E-state index contributed by atoms with van der Waals surface area (Å²) in [6.45, 7) is 0. The van der Waals surface area contributed by atoms with Crippen molar-refractivity contribution in [3.05, 3.63) is 42.6 Å². The van der Waals surface area contributed by atoms with E-state index in [1.165, 1.54) is 12.1 Å². The number of aromatic nitrogens is 2. The minimum Gasteiger partial charge on any atom is -0.504 e. The van der Waals surface area contributed by atoms with Gasteiger partial charge in [-0.3, -0.25) is 5.10 Å². The van der Waals surface area contributed by atoms with Gasteiger partial charge >= 0.3 is 0 Å². The fraction of sp³-hybridized carbons (Fsp3) is 0. The Labute approximate surface area is 97.2 Å². The molecule has 0 aliphatic heterocycles. The Morgan fingerprint density at radius 3 is 2.47 bits per heavy atom. The lowest BCUT2D eigenvalue weighted by molar-refractivity contribution is 0.404. The number of phenols is 2. The molecule has 0 aliphatic rings. The maximum Gasteiger partial charge on any atom is 0.158 e. The summed E-state index contributed by atoms with van der Waals surface area (Å²) < 4.78 is 0. The summed E-state index contributed by atoms with van der Waals surface area (Å²) >= 11 is 0. The molecule has 0 atom stereocenters. The van der Waals surface area contributed by atoms with Crippen molar-refractivity contribution in [3.63, 3.8) is 0 Å². The number of H-pyrrole nitrogens is 1. The number of nitrogens with zero attached hydrogens (tertiary/aromatic N) is 1. The molecule has 0 radical (unpaired) electrons. The van der Waals surface area contributed by atoms with Crippen molar-refractivity contribution < 1.29 is 10.2 Å². The third kappa shape index (κ3) is 1.59. The Bertz CT molecular complexity index is 689. The standard InChI is InChI=1S/C13H10N2O2/c16-12-4-3-9(6-13(12)17)8-1-2-10-7-14-15-11(10)5-8/h1-7,16-17H,(H,14,15). The molecular weight excluding hydrogens is 216 g/mol. The predicted molar refractivity (Wildman–Crippen MR) is 64.9 cm³/mol. The summed E-state index contributed by atoms with van der Waals surface area (Å²) in [5.41, 5.74) is 2.74. The Balaban J connectivity index is 2.16. The van der Waals surface area contributed by atoms with Crippen LogP contribution in [0.5, 0.6) is 11.5 Å². The molecule has 0 bridgehead atoms. The first-order valence-electron chi connectivity index (χ1n) is 5.19. The molecule has 4 nitrogen and oxygen atoms in total. The number of hydrogen-bond acceptors (Lipinski definition) is 3. The van der Waals surface area contributed by atoms with Gasteiger partial charge in [-0.25, -0.2) is 0 Å². The highest BCUT2D eigenvalue weighted by Gasteiger charge is 2.04. The van der Waals surface area contributed by atoms with E-state index in [-0.39, 0.29) is 11.5 Å². The topological polar surface area (TPSA) is 69.1 Å². The predicted octanol–water partition coefficient (Wildman–Crippen LogP) is 2.64. The summed E-state index contributed by atoms with van der Waals surface area (Å²) in [7, 11) is 0. The average Bonchev–Trinajstić information content (AvgIpc) is 2.79. The summed E-state index contributed by atoms with van der Waals surface area (Å²) in [5.74, 6) is -0.233.